The Balaban J connectivity index is 2.01. The molecule has 1 atom stereocenters. The Morgan fingerprint density at radius 2 is 1.96 bits per heavy atom. The van der Waals surface area contributed by atoms with E-state index in [-0.39, 0.29) is 6.04 Å². The lowest BCUT2D eigenvalue weighted by Crippen LogP contribution is -2.30. The SMILES string of the molecule is COc1cccc(C(CNCc2cccc(C(N)=O)c2)N(C)C)c1. The van der Waals surface area contributed by atoms with Crippen molar-refractivity contribution in [2.24, 2.45) is 5.73 Å². The van der Waals surface area contributed by atoms with Crippen LogP contribution in [0, 0.1) is 0 Å². The van der Waals surface area contributed by atoms with Crippen LogP contribution in [-0.2, 0) is 6.54 Å². The average Bonchev–Trinajstić information content (AvgIpc) is 2.58. The largest absolute Gasteiger partial charge is 0.497 e. The standard InChI is InChI=1S/C19H25N3O2/c1-22(2)18(15-7-5-9-17(11-15)24-3)13-21-12-14-6-4-8-16(10-14)19(20)23/h4-11,18,21H,12-13H2,1-3H3,(H2,20,23). The van der Waals surface area contributed by atoms with Crippen molar-refractivity contribution >= 4 is 5.91 Å². The van der Waals surface area contributed by atoms with E-state index in [2.05, 4.69) is 36.4 Å². The van der Waals surface area contributed by atoms with Crippen LogP contribution in [0.15, 0.2) is 48.5 Å². The second kappa shape index (κ2) is 8.47. The molecular weight excluding hydrogens is 302 g/mol. The Kier molecular flexibility index (Phi) is 6.35. The highest BCUT2D eigenvalue weighted by atomic mass is 16.5. The molecule has 0 aliphatic heterocycles. The van der Waals surface area contributed by atoms with Crippen molar-refractivity contribution in [3.8, 4) is 5.75 Å². The molecule has 2 rings (SSSR count). The number of carbonyl (C=O) groups is 1. The molecule has 0 spiro atoms. The molecule has 5 heteroatoms. The van der Waals surface area contributed by atoms with Gasteiger partial charge in [-0.1, -0.05) is 24.3 Å². The summed E-state index contributed by atoms with van der Waals surface area (Å²) in [6.45, 7) is 1.45. The number of amides is 1. The number of benzene rings is 2. The molecule has 2 aromatic carbocycles. The minimum Gasteiger partial charge on any atom is -0.497 e. The van der Waals surface area contributed by atoms with Crippen LogP contribution in [0.2, 0.25) is 0 Å². The maximum atomic E-state index is 11.3. The molecule has 0 saturated heterocycles. The summed E-state index contributed by atoms with van der Waals surface area (Å²) < 4.78 is 5.31. The molecule has 0 aromatic heterocycles. The molecule has 0 saturated carbocycles. The molecule has 0 bridgehead atoms. The van der Waals surface area contributed by atoms with E-state index < -0.39 is 5.91 Å². The first-order chi connectivity index (χ1) is 11.5. The van der Waals surface area contributed by atoms with E-state index in [1.54, 1.807) is 13.2 Å². The van der Waals surface area contributed by atoms with Gasteiger partial charge in [-0.3, -0.25) is 4.79 Å². The Bertz CT molecular complexity index is 686. The van der Waals surface area contributed by atoms with Gasteiger partial charge in [-0.2, -0.15) is 0 Å². The highest BCUT2D eigenvalue weighted by molar-refractivity contribution is 5.92. The smallest absolute Gasteiger partial charge is 0.248 e. The quantitative estimate of drug-likeness (QED) is 0.780. The number of hydrogen-bond acceptors (Lipinski definition) is 4. The van der Waals surface area contributed by atoms with Crippen LogP contribution in [-0.4, -0.2) is 38.6 Å². The number of ether oxygens (including phenoxy) is 1. The van der Waals surface area contributed by atoms with E-state index in [1.165, 1.54) is 5.56 Å². The van der Waals surface area contributed by atoms with Crippen LogP contribution in [0.4, 0.5) is 0 Å². The summed E-state index contributed by atoms with van der Waals surface area (Å²) in [5.74, 6) is 0.452. The van der Waals surface area contributed by atoms with Crippen LogP contribution in [0.3, 0.4) is 0 Å². The summed E-state index contributed by atoms with van der Waals surface area (Å²) >= 11 is 0. The van der Waals surface area contributed by atoms with Crippen LogP contribution < -0.4 is 15.8 Å². The van der Waals surface area contributed by atoms with Crippen molar-refractivity contribution in [3.63, 3.8) is 0 Å². The normalized spacial score (nSPS) is 12.2. The van der Waals surface area contributed by atoms with Gasteiger partial charge < -0.3 is 20.7 Å². The number of carbonyl (C=O) groups excluding carboxylic acids is 1. The molecule has 5 nitrogen and oxygen atoms in total. The summed E-state index contributed by atoms with van der Waals surface area (Å²) in [5, 5.41) is 3.45. The fraction of sp³-hybridized carbons (Fsp3) is 0.316. The highest BCUT2D eigenvalue weighted by Gasteiger charge is 2.14. The summed E-state index contributed by atoms with van der Waals surface area (Å²) in [7, 11) is 5.78. The monoisotopic (exact) mass is 327 g/mol. The van der Waals surface area contributed by atoms with Gasteiger partial charge in [0.2, 0.25) is 5.91 Å². The minimum absolute atomic E-state index is 0.222. The second-order valence-corrected chi connectivity index (χ2v) is 5.95. The van der Waals surface area contributed by atoms with E-state index in [0.29, 0.717) is 12.1 Å². The number of nitrogens with zero attached hydrogens (tertiary/aromatic N) is 1. The van der Waals surface area contributed by atoms with Gasteiger partial charge >= 0.3 is 0 Å². The first-order valence-electron chi connectivity index (χ1n) is 7.91. The van der Waals surface area contributed by atoms with Crippen LogP contribution >= 0.6 is 0 Å². The molecule has 0 aliphatic rings. The van der Waals surface area contributed by atoms with Crippen molar-refractivity contribution in [1.29, 1.82) is 0 Å². The number of likely N-dealkylation sites (N-methyl/N-ethyl adjacent to an activating group) is 1. The zero-order chi connectivity index (χ0) is 17.5. The van der Waals surface area contributed by atoms with Gasteiger partial charge in [-0.15, -0.1) is 0 Å². The summed E-state index contributed by atoms with van der Waals surface area (Å²) in [4.78, 5) is 13.4. The third kappa shape index (κ3) is 4.81. The zero-order valence-corrected chi connectivity index (χ0v) is 14.5. The average molecular weight is 327 g/mol. The fourth-order valence-corrected chi connectivity index (χ4v) is 2.64. The van der Waals surface area contributed by atoms with Gasteiger partial charge in [0.25, 0.3) is 0 Å². The van der Waals surface area contributed by atoms with E-state index in [0.717, 1.165) is 17.9 Å². The number of hydrogen-bond donors (Lipinski definition) is 2. The molecular formula is C19H25N3O2. The molecule has 1 unspecified atom stereocenters. The second-order valence-electron chi connectivity index (χ2n) is 5.95. The van der Waals surface area contributed by atoms with Crippen LogP contribution in [0.1, 0.15) is 27.5 Å². The third-order valence-corrected chi connectivity index (χ3v) is 3.98. The number of methoxy groups -OCH3 is 1. The van der Waals surface area contributed by atoms with Gasteiger partial charge in [0.1, 0.15) is 5.75 Å². The van der Waals surface area contributed by atoms with Crippen molar-refractivity contribution < 1.29 is 9.53 Å². The van der Waals surface area contributed by atoms with Crippen molar-refractivity contribution in [2.75, 3.05) is 27.7 Å². The summed E-state index contributed by atoms with van der Waals surface area (Å²) in [6.07, 6.45) is 0. The van der Waals surface area contributed by atoms with E-state index in [9.17, 15) is 4.79 Å². The lowest BCUT2D eigenvalue weighted by atomic mass is 10.1. The Labute approximate surface area is 143 Å². The highest BCUT2D eigenvalue weighted by Crippen LogP contribution is 2.22. The molecule has 3 N–H and O–H groups in total. The summed E-state index contributed by atoms with van der Waals surface area (Å²) in [5.41, 5.74) is 8.09. The molecule has 0 fully saturated rings. The molecule has 0 aliphatic carbocycles. The predicted octanol–water partition coefficient (Wildman–Crippen LogP) is 2.19. The van der Waals surface area contributed by atoms with Crippen LogP contribution in [0.25, 0.3) is 0 Å². The van der Waals surface area contributed by atoms with Crippen molar-refractivity contribution in [2.45, 2.75) is 12.6 Å². The Morgan fingerprint density at radius 3 is 2.62 bits per heavy atom. The van der Waals surface area contributed by atoms with Gasteiger partial charge in [-0.05, 0) is 49.5 Å². The number of rotatable bonds is 8. The molecule has 0 heterocycles. The fourth-order valence-electron chi connectivity index (χ4n) is 2.64. The first-order valence-corrected chi connectivity index (χ1v) is 7.91. The lowest BCUT2D eigenvalue weighted by Gasteiger charge is -2.25. The number of nitrogens with one attached hydrogen (secondary N) is 1. The molecule has 2 aromatic rings. The van der Waals surface area contributed by atoms with Crippen LogP contribution in [0.5, 0.6) is 5.75 Å². The van der Waals surface area contributed by atoms with Gasteiger partial charge in [0.15, 0.2) is 0 Å². The predicted molar refractivity (Wildman–Crippen MR) is 96.1 cm³/mol. The maximum Gasteiger partial charge on any atom is 0.248 e. The Hall–Kier alpha value is -2.37. The lowest BCUT2D eigenvalue weighted by molar-refractivity contribution is 0.1000. The van der Waals surface area contributed by atoms with E-state index in [4.69, 9.17) is 10.5 Å². The third-order valence-electron chi connectivity index (χ3n) is 3.98. The first kappa shape index (κ1) is 18.0. The van der Waals surface area contributed by atoms with Gasteiger partial charge in [0, 0.05) is 24.7 Å². The molecule has 128 valence electrons. The maximum absolute atomic E-state index is 11.3. The zero-order valence-electron chi connectivity index (χ0n) is 14.5. The van der Waals surface area contributed by atoms with Crippen molar-refractivity contribution in [3.05, 3.63) is 65.2 Å². The summed E-state index contributed by atoms with van der Waals surface area (Å²) in [6, 6.07) is 15.7. The van der Waals surface area contributed by atoms with Gasteiger partial charge in [-0.25, -0.2) is 0 Å². The van der Waals surface area contributed by atoms with E-state index >= 15 is 0 Å². The number of primary amides is 1. The minimum atomic E-state index is -0.403. The molecule has 0 radical (unpaired) electrons. The van der Waals surface area contributed by atoms with Crippen molar-refractivity contribution in [1.82, 2.24) is 10.2 Å². The molecule has 24 heavy (non-hydrogen) atoms. The topological polar surface area (TPSA) is 67.6 Å². The van der Waals surface area contributed by atoms with E-state index in [1.807, 2.05) is 30.3 Å². The molecule has 1 amide bonds. The van der Waals surface area contributed by atoms with Gasteiger partial charge in [0.05, 0.1) is 7.11 Å². The Morgan fingerprint density at radius 1 is 1.21 bits per heavy atom. The number of nitrogens with two attached hydrogens (primary N) is 1.